The molecule has 8 nitrogen and oxygen atoms in total. The Hall–Kier alpha value is -1.67. The largest absolute Gasteiger partial charge is 0.377 e. The summed E-state index contributed by atoms with van der Waals surface area (Å²) in [7, 11) is 3.48. The number of aliphatic imine (C=N–C) groups is 1. The van der Waals surface area contributed by atoms with Gasteiger partial charge in [-0.05, 0) is 26.4 Å². The van der Waals surface area contributed by atoms with Gasteiger partial charge in [0.15, 0.2) is 11.8 Å². The Morgan fingerprint density at radius 3 is 2.84 bits per heavy atom. The normalized spacial score (nSPS) is 19.0. The van der Waals surface area contributed by atoms with E-state index in [9.17, 15) is 0 Å². The number of nitrogens with zero attached hydrogens (tertiary/aromatic N) is 5. The van der Waals surface area contributed by atoms with E-state index in [1.807, 2.05) is 11.7 Å². The molecule has 0 aromatic carbocycles. The predicted octanol–water partition coefficient (Wildman–Crippen LogP) is 0.635. The standard InChI is InChI=1S/C17H33N7O/c1-6-23(7-2)13(3)10-19-17(18-4)20-14-8-9-16-21-15(12-25-5)22-24(16)11-14/h13-14H,6-12H2,1-5H3,(H2,18,19,20). The summed E-state index contributed by atoms with van der Waals surface area (Å²) in [5.74, 6) is 2.65. The molecule has 8 heteroatoms. The van der Waals surface area contributed by atoms with Gasteiger partial charge >= 0.3 is 0 Å². The lowest BCUT2D eigenvalue weighted by Crippen LogP contribution is -2.50. The summed E-state index contributed by atoms with van der Waals surface area (Å²) in [5.41, 5.74) is 0. The molecule has 0 fully saturated rings. The number of likely N-dealkylation sites (N-methyl/N-ethyl adjacent to an activating group) is 1. The first-order valence-corrected chi connectivity index (χ1v) is 9.23. The van der Waals surface area contributed by atoms with Crippen LogP contribution in [0.25, 0.3) is 0 Å². The molecule has 1 aromatic heterocycles. The van der Waals surface area contributed by atoms with Crippen LogP contribution in [-0.4, -0.2) is 71.5 Å². The number of hydrogen-bond acceptors (Lipinski definition) is 5. The molecule has 2 heterocycles. The van der Waals surface area contributed by atoms with E-state index in [0.717, 1.165) is 56.6 Å². The van der Waals surface area contributed by atoms with Crippen molar-refractivity contribution >= 4 is 5.96 Å². The molecule has 1 aliphatic heterocycles. The molecule has 2 N–H and O–H groups in total. The number of guanidine groups is 1. The Balaban J connectivity index is 1.85. The topological polar surface area (TPSA) is 79.6 Å². The van der Waals surface area contributed by atoms with Crippen LogP contribution in [0, 0.1) is 0 Å². The molecule has 2 rings (SSSR count). The Kier molecular flexibility index (Phi) is 7.64. The zero-order valence-electron chi connectivity index (χ0n) is 16.2. The van der Waals surface area contributed by atoms with Crippen molar-refractivity contribution in [3.8, 4) is 0 Å². The highest BCUT2D eigenvalue weighted by molar-refractivity contribution is 5.80. The molecule has 1 aliphatic rings. The van der Waals surface area contributed by atoms with Crippen LogP contribution in [0.2, 0.25) is 0 Å². The first kappa shape index (κ1) is 19.7. The lowest BCUT2D eigenvalue weighted by molar-refractivity contribution is 0.177. The third-order valence-corrected chi connectivity index (χ3v) is 4.74. The van der Waals surface area contributed by atoms with E-state index in [1.165, 1.54) is 0 Å². The quantitative estimate of drug-likeness (QED) is 0.528. The smallest absolute Gasteiger partial charge is 0.191 e. The van der Waals surface area contributed by atoms with Crippen LogP contribution >= 0.6 is 0 Å². The SMILES string of the molecule is CCN(CC)C(C)CNC(=NC)NC1CCc2nc(COC)nn2C1. The van der Waals surface area contributed by atoms with Gasteiger partial charge < -0.3 is 15.4 Å². The summed E-state index contributed by atoms with van der Waals surface area (Å²) in [5, 5.41) is 11.5. The van der Waals surface area contributed by atoms with Gasteiger partial charge in [-0.25, -0.2) is 9.67 Å². The van der Waals surface area contributed by atoms with Gasteiger partial charge in [0, 0.05) is 39.2 Å². The third-order valence-electron chi connectivity index (χ3n) is 4.74. The second-order valence-corrected chi connectivity index (χ2v) is 6.46. The lowest BCUT2D eigenvalue weighted by Gasteiger charge is -2.29. The van der Waals surface area contributed by atoms with Crippen molar-refractivity contribution in [3.05, 3.63) is 11.6 Å². The van der Waals surface area contributed by atoms with Crippen LogP contribution in [0.3, 0.4) is 0 Å². The summed E-state index contributed by atoms with van der Waals surface area (Å²) in [6.07, 6.45) is 1.94. The second-order valence-electron chi connectivity index (χ2n) is 6.46. The average molecular weight is 351 g/mol. The number of hydrogen-bond donors (Lipinski definition) is 2. The zero-order valence-corrected chi connectivity index (χ0v) is 16.2. The van der Waals surface area contributed by atoms with Gasteiger partial charge in [-0.3, -0.25) is 9.89 Å². The van der Waals surface area contributed by atoms with Crippen molar-refractivity contribution < 1.29 is 4.74 Å². The summed E-state index contributed by atoms with van der Waals surface area (Å²) >= 11 is 0. The number of nitrogens with one attached hydrogen (secondary N) is 2. The molecule has 0 amide bonds. The van der Waals surface area contributed by atoms with Gasteiger partial charge in [0.05, 0.1) is 6.54 Å². The van der Waals surface area contributed by atoms with Crippen LogP contribution in [0.5, 0.6) is 0 Å². The van der Waals surface area contributed by atoms with Crippen LogP contribution < -0.4 is 10.6 Å². The van der Waals surface area contributed by atoms with Gasteiger partial charge in [-0.15, -0.1) is 0 Å². The fourth-order valence-electron chi connectivity index (χ4n) is 3.28. The summed E-state index contributed by atoms with van der Waals surface area (Å²) < 4.78 is 7.11. The minimum absolute atomic E-state index is 0.305. The molecule has 2 unspecified atom stereocenters. The minimum Gasteiger partial charge on any atom is -0.377 e. The maximum absolute atomic E-state index is 5.12. The molecule has 1 aromatic rings. The number of ether oxygens (including phenoxy) is 1. The molecule has 25 heavy (non-hydrogen) atoms. The van der Waals surface area contributed by atoms with E-state index in [0.29, 0.717) is 18.7 Å². The highest BCUT2D eigenvalue weighted by Crippen LogP contribution is 2.13. The maximum atomic E-state index is 5.12. The second kappa shape index (κ2) is 9.72. The lowest BCUT2D eigenvalue weighted by atomic mass is 10.1. The van der Waals surface area contributed by atoms with E-state index < -0.39 is 0 Å². The van der Waals surface area contributed by atoms with Gasteiger partial charge in [0.1, 0.15) is 12.4 Å². The molecule has 0 radical (unpaired) electrons. The van der Waals surface area contributed by atoms with E-state index in [2.05, 4.69) is 51.4 Å². The van der Waals surface area contributed by atoms with Crippen LogP contribution in [0.4, 0.5) is 0 Å². The molecular weight excluding hydrogens is 318 g/mol. The predicted molar refractivity (Wildman–Crippen MR) is 99.7 cm³/mol. The monoisotopic (exact) mass is 351 g/mol. The molecule has 0 saturated carbocycles. The molecule has 0 saturated heterocycles. The van der Waals surface area contributed by atoms with Crippen molar-refractivity contribution in [1.29, 1.82) is 0 Å². The number of aromatic nitrogens is 3. The fourth-order valence-corrected chi connectivity index (χ4v) is 3.28. The Morgan fingerprint density at radius 2 is 2.20 bits per heavy atom. The highest BCUT2D eigenvalue weighted by atomic mass is 16.5. The first-order chi connectivity index (χ1) is 12.1. The number of methoxy groups -OCH3 is 1. The third kappa shape index (κ3) is 5.40. The molecule has 142 valence electrons. The molecule has 2 atom stereocenters. The van der Waals surface area contributed by atoms with Crippen LogP contribution in [0.1, 0.15) is 38.8 Å². The number of fused-ring (bicyclic) bond motifs is 1. The molecule has 0 aliphatic carbocycles. The van der Waals surface area contributed by atoms with Gasteiger partial charge in [0.25, 0.3) is 0 Å². The average Bonchev–Trinajstić information content (AvgIpc) is 3.01. The van der Waals surface area contributed by atoms with E-state index >= 15 is 0 Å². The summed E-state index contributed by atoms with van der Waals surface area (Å²) in [6, 6.07) is 0.776. The summed E-state index contributed by atoms with van der Waals surface area (Å²) in [4.78, 5) is 11.3. The number of aryl methyl sites for hydroxylation is 1. The van der Waals surface area contributed by atoms with Crippen LogP contribution in [0.15, 0.2) is 4.99 Å². The minimum atomic E-state index is 0.305. The van der Waals surface area contributed by atoms with Crippen molar-refractivity contribution in [2.45, 2.75) is 58.8 Å². The maximum Gasteiger partial charge on any atom is 0.191 e. The highest BCUT2D eigenvalue weighted by Gasteiger charge is 2.22. The Labute approximate surface area is 151 Å². The first-order valence-electron chi connectivity index (χ1n) is 9.23. The van der Waals surface area contributed by atoms with Crippen molar-refractivity contribution in [3.63, 3.8) is 0 Å². The van der Waals surface area contributed by atoms with Crippen molar-refractivity contribution in [1.82, 2.24) is 30.3 Å². The number of rotatable bonds is 8. The van der Waals surface area contributed by atoms with Crippen molar-refractivity contribution in [2.75, 3.05) is 33.8 Å². The molecule has 0 bridgehead atoms. The van der Waals surface area contributed by atoms with Crippen molar-refractivity contribution in [2.24, 2.45) is 4.99 Å². The van der Waals surface area contributed by atoms with E-state index in [1.54, 1.807) is 7.11 Å². The molecule has 0 spiro atoms. The van der Waals surface area contributed by atoms with Gasteiger partial charge in [0.2, 0.25) is 0 Å². The van der Waals surface area contributed by atoms with E-state index in [-0.39, 0.29) is 0 Å². The van der Waals surface area contributed by atoms with Crippen LogP contribution in [-0.2, 0) is 24.3 Å². The molecular formula is C17H33N7O. The van der Waals surface area contributed by atoms with Gasteiger partial charge in [-0.2, -0.15) is 5.10 Å². The summed E-state index contributed by atoms with van der Waals surface area (Å²) in [6.45, 7) is 10.9. The fraction of sp³-hybridized carbons (Fsp3) is 0.824. The zero-order chi connectivity index (χ0) is 18.2. The van der Waals surface area contributed by atoms with E-state index in [4.69, 9.17) is 4.74 Å². The Morgan fingerprint density at radius 1 is 1.44 bits per heavy atom. The Bertz CT molecular complexity index is 553. The van der Waals surface area contributed by atoms with Gasteiger partial charge in [-0.1, -0.05) is 13.8 Å².